The fraction of sp³-hybridized carbons (Fsp3) is 0.500. The third kappa shape index (κ3) is 6.12. The number of rotatable bonds is 9. The molecule has 7 nitrogen and oxygen atoms in total. The SMILES string of the molecule is CCS(=O)(=O)c1cc(/C=N/OCC(F)(F)C(F)(F)F)cnc1-c1ncc(C(F)C(F)(F)C(F)(F)F)n1C. The van der Waals surface area contributed by atoms with Crippen LogP contribution in [0, 0.1) is 0 Å². The van der Waals surface area contributed by atoms with E-state index in [2.05, 4.69) is 20.0 Å². The van der Waals surface area contributed by atoms with Gasteiger partial charge >= 0.3 is 24.2 Å². The molecule has 0 spiro atoms. The van der Waals surface area contributed by atoms with Crippen LogP contribution in [0.3, 0.4) is 0 Å². The number of hydrogen-bond acceptors (Lipinski definition) is 6. The van der Waals surface area contributed by atoms with E-state index in [0.29, 0.717) is 17.0 Å². The van der Waals surface area contributed by atoms with Crippen molar-refractivity contribution in [3.8, 4) is 11.5 Å². The molecular weight excluding hydrogens is 561 g/mol. The lowest BCUT2D eigenvalue weighted by Gasteiger charge is -2.23. The Balaban J connectivity index is 2.47. The maximum absolute atomic E-state index is 14.2. The van der Waals surface area contributed by atoms with Gasteiger partial charge in [-0.25, -0.2) is 17.8 Å². The van der Waals surface area contributed by atoms with Gasteiger partial charge in [0.2, 0.25) is 6.17 Å². The second-order valence-electron chi connectivity index (χ2n) is 7.28. The molecule has 0 saturated heterocycles. The molecule has 0 aliphatic rings. The highest BCUT2D eigenvalue weighted by Crippen LogP contribution is 2.47. The first-order valence-electron chi connectivity index (χ1n) is 9.60. The molecule has 37 heavy (non-hydrogen) atoms. The summed E-state index contributed by atoms with van der Waals surface area (Å²) in [4.78, 5) is 10.4. The van der Waals surface area contributed by atoms with Crippen molar-refractivity contribution >= 4 is 16.1 Å². The zero-order valence-corrected chi connectivity index (χ0v) is 19.2. The number of aromatic nitrogens is 3. The molecule has 2 aromatic rings. The van der Waals surface area contributed by atoms with Crippen molar-refractivity contribution in [3.05, 3.63) is 29.7 Å². The van der Waals surface area contributed by atoms with Crippen LogP contribution in [0.4, 0.5) is 48.3 Å². The van der Waals surface area contributed by atoms with Crippen molar-refractivity contribution in [3.63, 3.8) is 0 Å². The molecule has 0 radical (unpaired) electrons. The Morgan fingerprint density at radius 3 is 2.14 bits per heavy atom. The van der Waals surface area contributed by atoms with Crippen molar-refractivity contribution < 1.29 is 61.5 Å². The second-order valence-corrected chi connectivity index (χ2v) is 9.52. The smallest absolute Gasteiger partial charge is 0.389 e. The quantitative estimate of drug-likeness (QED) is 0.238. The molecule has 0 aliphatic carbocycles. The number of imidazole rings is 1. The van der Waals surface area contributed by atoms with Crippen molar-refractivity contribution in [1.29, 1.82) is 0 Å². The Kier molecular flexibility index (Phi) is 8.21. The summed E-state index contributed by atoms with van der Waals surface area (Å²) >= 11 is 0. The zero-order chi connectivity index (χ0) is 28.6. The van der Waals surface area contributed by atoms with Gasteiger partial charge in [0.1, 0.15) is 5.69 Å². The third-order valence-corrected chi connectivity index (χ3v) is 6.46. The van der Waals surface area contributed by atoms with Gasteiger partial charge in [0.05, 0.1) is 28.8 Å². The minimum Gasteiger partial charge on any atom is -0.389 e. The summed E-state index contributed by atoms with van der Waals surface area (Å²) in [5.74, 6) is -12.3. The summed E-state index contributed by atoms with van der Waals surface area (Å²) in [6.45, 7) is -1.03. The van der Waals surface area contributed by atoms with Gasteiger partial charge in [0.25, 0.3) is 0 Å². The van der Waals surface area contributed by atoms with E-state index in [1.165, 1.54) is 0 Å². The lowest BCUT2D eigenvalue weighted by Crippen LogP contribution is -2.41. The molecule has 0 aromatic carbocycles. The number of alkyl halides is 11. The fourth-order valence-electron chi connectivity index (χ4n) is 2.60. The molecule has 1 atom stereocenters. The van der Waals surface area contributed by atoms with Gasteiger partial charge in [-0.3, -0.25) is 4.98 Å². The average molecular weight is 576 g/mol. The summed E-state index contributed by atoms with van der Waals surface area (Å²) in [6, 6.07) is 0.779. The summed E-state index contributed by atoms with van der Waals surface area (Å²) in [6.07, 6.45) is -14.4. The van der Waals surface area contributed by atoms with Crippen LogP contribution < -0.4 is 0 Å². The Morgan fingerprint density at radius 2 is 1.62 bits per heavy atom. The maximum Gasteiger partial charge on any atom is 0.457 e. The Hall–Kier alpha value is -2.99. The van der Waals surface area contributed by atoms with Gasteiger partial charge in [-0.15, -0.1) is 0 Å². The number of nitrogens with zero attached hydrogens (tertiary/aromatic N) is 4. The van der Waals surface area contributed by atoms with Crippen molar-refractivity contribution in [2.45, 2.75) is 42.2 Å². The number of hydrogen-bond donors (Lipinski definition) is 0. The van der Waals surface area contributed by atoms with Gasteiger partial charge < -0.3 is 9.40 Å². The normalized spacial score (nSPS) is 14.8. The zero-order valence-electron chi connectivity index (χ0n) is 18.4. The molecular formula is C18H15F11N4O3S. The number of pyridine rings is 1. The van der Waals surface area contributed by atoms with Crippen molar-refractivity contribution in [2.24, 2.45) is 12.2 Å². The molecule has 0 aliphatic heterocycles. The summed E-state index contributed by atoms with van der Waals surface area (Å²) in [5, 5.41) is 2.89. The maximum atomic E-state index is 14.2. The van der Waals surface area contributed by atoms with Crippen LogP contribution in [-0.4, -0.2) is 65.7 Å². The van der Waals surface area contributed by atoms with Gasteiger partial charge in [-0.1, -0.05) is 12.1 Å². The highest BCUT2D eigenvalue weighted by molar-refractivity contribution is 7.91. The largest absolute Gasteiger partial charge is 0.457 e. The molecule has 2 rings (SSSR count). The molecule has 0 amide bonds. The lowest BCUT2D eigenvalue weighted by atomic mass is 10.1. The molecule has 0 saturated carbocycles. The van der Waals surface area contributed by atoms with Gasteiger partial charge in [-0.05, 0) is 6.07 Å². The first-order valence-corrected chi connectivity index (χ1v) is 11.3. The monoisotopic (exact) mass is 576 g/mol. The average Bonchev–Trinajstić information content (AvgIpc) is 3.15. The van der Waals surface area contributed by atoms with Crippen molar-refractivity contribution in [1.82, 2.24) is 14.5 Å². The van der Waals surface area contributed by atoms with Gasteiger partial charge in [0, 0.05) is 18.8 Å². The highest BCUT2D eigenvalue weighted by Gasteiger charge is 2.64. The van der Waals surface area contributed by atoms with E-state index < -0.39 is 74.7 Å². The second kappa shape index (κ2) is 10.1. The van der Waals surface area contributed by atoms with Crippen LogP contribution in [0.5, 0.6) is 0 Å². The summed E-state index contributed by atoms with van der Waals surface area (Å²) in [5.41, 5.74) is -2.18. The minimum atomic E-state index is -6.25. The summed E-state index contributed by atoms with van der Waals surface area (Å²) in [7, 11) is -3.44. The Bertz CT molecular complexity index is 1250. The van der Waals surface area contributed by atoms with Gasteiger partial charge in [-0.2, -0.15) is 43.9 Å². The van der Waals surface area contributed by atoms with Crippen LogP contribution in [0.15, 0.2) is 28.5 Å². The van der Waals surface area contributed by atoms with Gasteiger partial charge in [0.15, 0.2) is 22.3 Å². The van der Waals surface area contributed by atoms with E-state index in [0.717, 1.165) is 26.2 Å². The van der Waals surface area contributed by atoms with E-state index in [1.807, 2.05) is 0 Å². The van der Waals surface area contributed by atoms with Crippen LogP contribution in [0.2, 0.25) is 0 Å². The molecule has 0 fully saturated rings. The summed E-state index contributed by atoms with van der Waals surface area (Å²) < 4.78 is 166. The first-order chi connectivity index (χ1) is 16.7. The molecule has 2 aromatic heterocycles. The lowest BCUT2D eigenvalue weighted by molar-refractivity contribution is -0.305. The molecule has 19 heteroatoms. The van der Waals surface area contributed by atoms with Crippen LogP contribution >= 0.6 is 0 Å². The Labute approximate surface area is 200 Å². The molecule has 0 N–H and O–H groups in total. The highest BCUT2D eigenvalue weighted by atomic mass is 32.2. The molecule has 1 unspecified atom stereocenters. The van der Waals surface area contributed by atoms with Crippen LogP contribution in [0.1, 0.15) is 24.4 Å². The predicted molar refractivity (Wildman–Crippen MR) is 104 cm³/mol. The van der Waals surface area contributed by atoms with E-state index >= 15 is 0 Å². The topological polar surface area (TPSA) is 86.4 Å². The minimum absolute atomic E-state index is 0.312. The Morgan fingerprint density at radius 1 is 1.03 bits per heavy atom. The number of halogens is 11. The number of oxime groups is 1. The third-order valence-electron chi connectivity index (χ3n) is 4.72. The first kappa shape index (κ1) is 30.2. The standard InChI is InChI=1S/C18H15F11N4O3S/c1-3-37(34,35)11-4-9(6-32-36-8-15(20,21)17(24,25)26)5-30-12(11)14-31-7-10(33(14)2)13(19)16(22,23)18(27,28)29/h4-7,13H,3,8H2,1-2H3/b32-6+. The number of sulfone groups is 1. The van der Waals surface area contributed by atoms with E-state index in [-0.39, 0.29) is 5.56 Å². The molecule has 2 heterocycles. The predicted octanol–water partition coefficient (Wildman–Crippen LogP) is 5.03. The van der Waals surface area contributed by atoms with Crippen LogP contribution in [-0.2, 0) is 21.7 Å². The van der Waals surface area contributed by atoms with E-state index in [4.69, 9.17) is 0 Å². The molecule has 0 bridgehead atoms. The van der Waals surface area contributed by atoms with Crippen LogP contribution in [0.25, 0.3) is 11.5 Å². The van der Waals surface area contributed by atoms with Crippen molar-refractivity contribution in [2.75, 3.05) is 12.4 Å². The van der Waals surface area contributed by atoms with E-state index in [1.54, 1.807) is 0 Å². The van der Waals surface area contributed by atoms with E-state index in [9.17, 15) is 56.7 Å². The fourth-order valence-corrected chi connectivity index (χ4v) is 3.66. The molecule has 208 valence electrons.